The lowest BCUT2D eigenvalue weighted by molar-refractivity contribution is -0.119. The second kappa shape index (κ2) is 13.8. The first-order valence-electron chi connectivity index (χ1n) is 10.1. The zero-order valence-corrected chi connectivity index (χ0v) is 19.5. The van der Waals surface area contributed by atoms with E-state index in [1.165, 1.54) is 11.1 Å². The van der Waals surface area contributed by atoms with Gasteiger partial charge in [0.05, 0.1) is 13.2 Å². The highest BCUT2D eigenvalue weighted by atomic mass is 127. The number of piperidine rings is 1. The molecule has 28 heavy (non-hydrogen) atoms. The largest absolute Gasteiger partial charge is 0.377 e. The summed E-state index contributed by atoms with van der Waals surface area (Å²) in [5.74, 6) is 1.01. The van der Waals surface area contributed by atoms with Gasteiger partial charge in [0.2, 0.25) is 5.91 Å². The number of nitrogens with zero attached hydrogens (tertiary/aromatic N) is 2. The van der Waals surface area contributed by atoms with E-state index in [1.807, 2.05) is 12.1 Å². The molecule has 1 saturated heterocycles. The number of nitrogens with one attached hydrogen (secondary N) is 1. The molecule has 6 nitrogen and oxygen atoms in total. The average molecular weight is 502 g/mol. The van der Waals surface area contributed by atoms with E-state index in [-0.39, 0.29) is 29.9 Å². The van der Waals surface area contributed by atoms with E-state index >= 15 is 0 Å². The van der Waals surface area contributed by atoms with Crippen LogP contribution in [0.4, 0.5) is 0 Å². The fourth-order valence-electron chi connectivity index (χ4n) is 3.47. The van der Waals surface area contributed by atoms with Crippen LogP contribution >= 0.6 is 24.0 Å². The highest BCUT2D eigenvalue weighted by Gasteiger charge is 2.23. The number of carbonyl (C=O) groups is 1. The Labute approximate surface area is 186 Å². The van der Waals surface area contributed by atoms with Crippen molar-refractivity contribution >= 4 is 35.8 Å². The summed E-state index contributed by atoms with van der Waals surface area (Å²) in [7, 11) is 0. The van der Waals surface area contributed by atoms with Crippen LogP contribution in [0.2, 0.25) is 0 Å². The molecule has 158 valence electrons. The maximum absolute atomic E-state index is 11.3. The van der Waals surface area contributed by atoms with Gasteiger partial charge in [-0.05, 0) is 43.2 Å². The van der Waals surface area contributed by atoms with Crippen LogP contribution in [-0.4, -0.2) is 43.0 Å². The van der Waals surface area contributed by atoms with Crippen molar-refractivity contribution in [2.24, 2.45) is 16.6 Å². The third kappa shape index (κ3) is 8.34. The fourth-order valence-corrected chi connectivity index (χ4v) is 3.47. The molecule has 1 aromatic carbocycles. The van der Waals surface area contributed by atoms with Crippen molar-refractivity contribution in [1.29, 1.82) is 0 Å². The molecule has 1 atom stereocenters. The molecule has 1 aliphatic rings. The van der Waals surface area contributed by atoms with Crippen LogP contribution < -0.4 is 11.1 Å². The van der Waals surface area contributed by atoms with Crippen molar-refractivity contribution in [3.05, 3.63) is 35.4 Å². The first-order valence-corrected chi connectivity index (χ1v) is 10.1. The summed E-state index contributed by atoms with van der Waals surface area (Å²) in [4.78, 5) is 18.4. The number of likely N-dealkylation sites (tertiary alicyclic amines) is 1. The summed E-state index contributed by atoms with van der Waals surface area (Å²) in [6, 6.07) is 8.31. The van der Waals surface area contributed by atoms with Gasteiger partial charge in [0.1, 0.15) is 0 Å². The van der Waals surface area contributed by atoms with Gasteiger partial charge in [-0.1, -0.05) is 31.2 Å². The quantitative estimate of drug-likeness (QED) is 0.235. The molecule has 1 fully saturated rings. The smallest absolute Gasteiger partial charge is 0.217 e. The van der Waals surface area contributed by atoms with Crippen molar-refractivity contribution in [2.75, 3.05) is 26.2 Å². The van der Waals surface area contributed by atoms with E-state index in [0.717, 1.165) is 51.5 Å². The number of primary amides is 1. The van der Waals surface area contributed by atoms with Crippen LogP contribution in [0.5, 0.6) is 0 Å². The summed E-state index contributed by atoms with van der Waals surface area (Å²) in [6.45, 7) is 8.81. The highest BCUT2D eigenvalue weighted by Crippen LogP contribution is 2.20. The van der Waals surface area contributed by atoms with Gasteiger partial charge in [-0.15, -0.1) is 24.0 Å². The molecule has 0 saturated carbocycles. The highest BCUT2D eigenvalue weighted by molar-refractivity contribution is 14.0. The summed E-state index contributed by atoms with van der Waals surface area (Å²) < 4.78 is 5.71. The molecule has 1 amide bonds. The molecule has 0 bridgehead atoms. The Bertz CT molecular complexity index is 624. The van der Waals surface area contributed by atoms with Crippen molar-refractivity contribution in [2.45, 2.75) is 52.7 Å². The Hall–Kier alpha value is -1.35. The lowest BCUT2D eigenvalue weighted by Gasteiger charge is -2.34. The molecule has 0 aliphatic carbocycles. The second-order valence-electron chi connectivity index (χ2n) is 7.12. The number of guanidine groups is 1. The summed E-state index contributed by atoms with van der Waals surface area (Å²) in [6.07, 6.45) is 3.58. The number of halogens is 1. The van der Waals surface area contributed by atoms with Gasteiger partial charge in [-0.2, -0.15) is 0 Å². The van der Waals surface area contributed by atoms with Gasteiger partial charge < -0.3 is 20.7 Å². The van der Waals surface area contributed by atoms with E-state index in [9.17, 15) is 4.79 Å². The van der Waals surface area contributed by atoms with Crippen LogP contribution in [0.1, 0.15) is 50.7 Å². The van der Waals surface area contributed by atoms with E-state index in [1.54, 1.807) is 0 Å². The van der Waals surface area contributed by atoms with E-state index in [0.29, 0.717) is 25.5 Å². The Kier molecular flexibility index (Phi) is 12.1. The molecule has 3 N–H and O–H groups in total. The van der Waals surface area contributed by atoms with Crippen LogP contribution in [-0.2, 0) is 22.7 Å². The fraction of sp³-hybridized carbons (Fsp3) is 0.619. The number of benzene rings is 1. The number of rotatable bonds is 9. The Morgan fingerprint density at radius 1 is 1.32 bits per heavy atom. The molecular formula is C21H35IN4O2. The Balaban J connectivity index is 0.00000392. The van der Waals surface area contributed by atoms with Crippen molar-refractivity contribution in [3.63, 3.8) is 0 Å². The second-order valence-corrected chi connectivity index (χ2v) is 7.12. The normalized spacial score (nSPS) is 17.1. The molecule has 1 unspecified atom stereocenters. The van der Waals surface area contributed by atoms with Gasteiger partial charge in [0, 0.05) is 32.7 Å². The number of ether oxygens (including phenoxy) is 1. The standard InChI is InChI=1S/C21H34N4O2.HI/c1-3-12-27-16-19-10-6-5-9-18(19)14-24-21(23-4-2)25-11-7-8-17(15-25)13-20(22)26;/h5-6,9-10,17H,3-4,7-8,11-16H2,1-2H3,(H2,22,26)(H,23,24);1H. The van der Waals surface area contributed by atoms with Crippen molar-refractivity contribution in [3.8, 4) is 0 Å². The lowest BCUT2D eigenvalue weighted by atomic mass is 9.95. The number of carbonyl (C=O) groups excluding carboxylic acids is 1. The number of amides is 1. The predicted octanol–water partition coefficient (Wildman–Crippen LogP) is 3.28. The number of nitrogens with two attached hydrogens (primary N) is 1. The molecule has 2 rings (SSSR count). The van der Waals surface area contributed by atoms with Gasteiger partial charge in [0.15, 0.2) is 5.96 Å². The Morgan fingerprint density at radius 3 is 2.75 bits per heavy atom. The number of aliphatic imine (C=N–C) groups is 1. The van der Waals surface area contributed by atoms with Gasteiger partial charge in [0.25, 0.3) is 0 Å². The molecule has 0 radical (unpaired) electrons. The lowest BCUT2D eigenvalue weighted by Crippen LogP contribution is -2.47. The third-order valence-electron chi connectivity index (χ3n) is 4.77. The van der Waals surface area contributed by atoms with E-state index < -0.39 is 0 Å². The summed E-state index contributed by atoms with van der Waals surface area (Å²) >= 11 is 0. The topological polar surface area (TPSA) is 79.9 Å². The molecule has 0 aromatic heterocycles. The molecule has 1 aliphatic heterocycles. The van der Waals surface area contributed by atoms with Gasteiger partial charge >= 0.3 is 0 Å². The van der Waals surface area contributed by atoms with Gasteiger partial charge in [-0.3, -0.25) is 4.79 Å². The van der Waals surface area contributed by atoms with E-state index in [2.05, 4.69) is 36.2 Å². The minimum atomic E-state index is -0.218. The summed E-state index contributed by atoms with van der Waals surface area (Å²) in [5.41, 5.74) is 7.77. The predicted molar refractivity (Wildman–Crippen MR) is 125 cm³/mol. The van der Waals surface area contributed by atoms with Crippen molar-refractivity contribution < 1.29 is 9.53 Å². The van der Waals surface area contributed by atoms with Crippen LogP contribution in [0.15, 0.2) is 29.3 Å². The maximum Gasteiger partial charge on any atom is 0.217 e. The Morgan fingerprint density at radius 2 is 2.07 bits per heavy atom. The van der Waals surface area contributed by atoms with Crippen molar-refractivity contribution in [1.82, 2.24) is 10.2 Å². The monoisotopic (exact) mass is 502 g/mol. The molecule has 1 heterocycles. The number of hydrogen-bond acceptors (Lipinski definition) is 3. The van der Waals surface area contributed by atoms with Crippen LogP contribution in [0.25, 0.3) is 0 Å². The number of hydrogen-bond donors (Lipinski definition) is 2. The maximum atomic E-state index is 11.3. The summed E-state index contributed by atoms with van der Waals surface area (Å²) in [5, 5.41) is 3.40. The molecule has 1 aromatic rings. The zero-order valence-electron chi connectivity index (χ0n) is 17.2. The molecule has 7 heteroatoms. The van der Waals surface area contributed by atoms with Crippen LogP contribution in [0.3, 0.4) is 0 Å². The first-order chi connectivity index (χ1) is 13.1. The SMILES string of the molecule is CCCOCc1ccccc1CN=C(NCC)N1CCCC(CC(N)=O)C1.I. The zero-order chi connectivity index (χ0) is 19.5. The van der Waals surface area contributed by atoms with E-state index in [4.69, 9.17) is 15.5 Å². The molecular weight excluding hydrogens is 467 g/mol. The van der Waals surface area contributed by atoms with Gasteiger partial charge in [-0.25, -0.2) is 4.99 Å². The first kappa shape index (κ1) is 24.7. The molecule has 0 spiro atoms. The van der Waals surface area contributed by atoms with Crippen LogP contribution in [0, 0.1) is 5.92 Å². The minimum Gasteiger partial charge on any atom is -0.377 e. The average Bonchev–Trinajstić information content (AvgIpc) is 2.66. The third-order valence-corrected chi connectivity index (χ3v) is 4.77. The minimum absolute atomic E-state index is 0.